The van der Waals surface area contributed by atoms with Crippen LogP contribution in [-0.2, 0) is 14.3 Å². The van der Waals surface area contributed by atoms with Crippen molar-refractivity contribution in [3.63, 3.8) is 0 Å². The molecule has 110 valence electrons. The summed E-state index contributed by atoms with van der Waals surface area (Å²) in [5, 5.41) is 0. The predicted octanol–water partition coefficient (Wildman–Crippen LogP) is 3.74. The molecule has 0 bridgehead atoms. The summed E-state index contributed by atoms with van der Waals surface area (Å²) in [6, 6.07) is 10.0. The summed E-state index contributed by atoms with van der Waals surface area (Å²) in [4.78, 5) is 12.4. The van der Waals surface area contributed by atoms with Crippen molar-refractivity contribution in [3.05, 3.63) is 35.9 Å². The molecule has 0 N–H and O–H groups in total. The lowest BCUT2D eigenvalue weighted by atomic mass is 9.83. The van der Waals surface area contributed by atoms with Crippen LogP contribution < -0.4 is 0 Å². The summed E-state index contributed by atoms with van der Waals surface area (Å²) in [6.45, 7) is 10.1. The van der Waals surface area contributed by atoms with Gasteiger partial charge in [-0.2, -0.15) is 0 Å². The van der Waals surface area contributed by atoms with Gasteiger partial charge in [0.15, 0.2) is 0 Å². The Morgan fingerprint density at radius 3 is 2.25 bits per heavy atom. The van der Waals surface area contributed by atoms with Crippen molar-refractivity contribution in [2.45, 2.75) is 52.9 Å². The zero-order chi connectivity index (χ0) is 14.9. The predicted molar refractivity (Wildman–Crippen MR) is 78.2 cm³/mol. The Hall–Kier alpha value is -1.35. The molecule has 4 atom stereocenters. The molecule has 0 radical (unpaired) electrons. The van der Waals surface area contributed by atoms with Crippen molar-refractivity contribution in [2.24, 2.45) is 11.3 Å². The Labute approximate surface area is 121 Å². The van der Waals surface area contributed by atoms with Crippen LogP contribution >= 0.6 is 0 Å². The number of benzene rings is 1. The van der Waals surface area contributed by atoms with Gasteiger partial charge in [0, 0.05) is 5.41 Å². The number of hydrogen-bond donors (Lipinski definition) is 0. The lowest BCUT2D eigenvalue weighted by molar-refractivity contribution is -0.255. The quantitative estimate of drug-likeness (QED) is 0.772. The summed E-state index contributed by atoms with van der Waals surface area (Å²) in [5.74, 6) is -0.323. The van der Waals surface area contributed by atoms with Crippen LogP contribution in [0, 0.1) is 11.3 Å². The van der Waals surface area contributed by atoms with Crippen LogP contribution in [0.25, 0.3) is 0 Å². The molecule has 1 aliphatic heterocycles. The first kappa shape index (κ1) is 15.0. The van der Waals surface area contributed by atoms with E-state index in [9.17, 15) is 4.79 Å². The number of carbonyl (C=O) groups is 1. The SMILES string of the molecule is C[C@H](c1ccccc1)[C@H]1C(=O)O[C@H](C(C)(C)C)O[C@@H]1C. The topological polar surface area (TPSA) is 35.5 Å². The third kappa shape index (κ3) is 3.04. The number of carbonyl (C=O) groups excluding carboxylic acids is 1. The average Bonchev–Trinajstić information content (AvgIpc) is 2.37. The molecule has 0 amide bonds. The van der Waals surface area contributed by atoms with Gasteiger partial charge in [0.1, 0.15) is 0 Å². The monoisotopic (exact) mass is 276 g/mol. The second-order valence-electron chi connectivity index (χ2n) is 6.70. The standard InChI is InChI=1S/C17H24O3/c1-11(13-9-7-6-8-10-13)14-12(2)19-16(17(3,4)5)20-15(14)18/h6-12,14,16H,1-5H3/t11-,12-,14-,16-/m1/s1. The minimum absolute atomic E-state index is 0.0830. The van der Waals surface area contributed by atoms with Gasteiger partial charge in [-0.05, 0) is 18.4 Å². The van der Waals surface area contributed by atoms with Gasteiger partial charge in [0.25, 0.3) is 0 Å². The van der Waals surface area contributed by atoms with Gasteiger partial charge < -0.3 is 9.47 Å². The Morgan fingerprint density at radius 2 is 1.75 bits per heavy atom. The minimum Gasteiger partial charge on any atom is -0.435 e. The normalized spacial score (nSPS) is 28.9. The van der Waals surface area contributed by atoms with Gasteiger partial charge >= 0.3 is 5.97 Å². The fraction of sp³-hybridized carbons (Fsp3) is 0.588. The molecule has 0 spiro atoms. The molecular formula is C17H24O3. The summed E-state index contributed by atoms with van der Waals surface area (Å²) in [5.41, 5.74) is 0.935. The van der Waals surface area contributed by atoms with Crippen molar-refractivity contribution in [1.82, 2.24) is 0 Å². The second-order valence-corrected chi connectivity index (χ2v) is 6.70. The highest BCUT2D eigenvalue weighted by Gasteiger charge is 2.44. The van der Waals surface area contributed by atoms with Crippen LogP contribution in [0.1, 0.15) is 46.1 Å². The maximum atomic E-state index is 12.4. The first-order chi connectivity index (χ1) is 9.30. The van der Waals surface area contributed by atoms with Gasteiger partial charge in [-0.15, -0.1) is 0 Å². The largest absolute Gasteiger partial charge is 0.435 e. The van der Waals surface area contributed by atoms with Crippen LogP contribution in [0.3, 0.4) is 0 Å². The van der Waals surface area contributed by atoms with E-state index < -0.39 is 6.29 Å². The van der Waals surface area contributed by atoms with Crippen molar-refractivity contribution in [3.8, 4) is 0 Å². The summed E-state index contributed by atoms with van der Waals surface area (Å²) < 4.78 is 11.4. The molecule has 1 aromatic rings. The van der Waals surface area contributed by atoms with E-state index in [1.165, 1.54) is 0 Å². The number of esters is 1. The van der Waals surface area contributed by atoms with E-state index in [4.69, 9.17) is 9.47 Å². The van der Waals surface area contributed by atoms with Crippen LogP contribution in [0.5, 0.6) is 0 Å². The van der Waals surface area contributed by atoms with Gasteiger partial charge in [-0.3, -0.25) is 4.79 Å². The highest BCUT2D eigenvalue weighted by atomic mass is 16.7. The zero-order valence-electron chi connectivity index (χ0n) is 12.9. The molecule has 20 heavy (non-hydrogen) atoms. The average molecular weight is 276 g/mol. The smallest absolute Gasteiger partial charge is 0.314 e. The van der Waals surface area contributed by atoms with E-state index >= 15 is 0 Å². The molecule has 0 unspecified atom stereocenters. The highest BCUT2D eigenvalue weighted by molar-refractivity contribution is 5.75. The summed E-state index contributed by atoms with van der Waals surface area (Å²) in [7, 11) is 0. The van der Waals surface area contributed by atoms with E-state index in [1.54, 1.807) is 0 Å². The molecule has 0 aromatic heterocycles. The van der Waals surface area contributed by atoms with E-state index in [2.05, 4.69) is 6.92 Å². The first-order valence-electron chi connectivity index (χ1n) is 7.21. The lowest BCUT2D eigenvalue weighted by Gasteiger charge is -2.41. The van der Waals surface area contributed by atoms with Crippen LogP contribution in [0.15, 0.2) is 30.3 Å². The molecule has 1 aliphatic rings. The molecule has 0 aliphatic carbocycles. The van der Waals surface area contributed by atoms with E-state index in [-0.39, 0.29) is 29.3 Å². The van der Waals surface area contributed by atoms with Crippen molar-refractivity contribution in [2.75, 3.05) is 0 Å². The molecule has 0 saturated carbocycles. The Bertz CT molecular complexity index is 461. The van der Waals surface area contributed by atoms with Gasteiger partial charge in [0.05, 0.1) is 12.0 Å². The Balaban J connectivity index is 2.16. The highest BCUT2D eigenvalue weighted by Crippen LogP contribution is 2.37. The molecule has 3 nitrogen and oxygen atoms in total. The number of hydrogen-bond acceptors (Lipinski definition) is 3. The minimum atomic E-state index is -0.468. The fourth-order valence-corrected chi connectivity index (χ4v) is 2.64. The molecule has 1 aromatic carbocycles. The number of cyclic esters (lactones) is 1. The zero-order valence-corrected chi connectivity index (χ0v) is 12.9. The Morgan fingerprint density at radius 1 is 1.15 bits per heavy atom. The fourth-order valence-electron chi connectivity index (χ4n) is 2.64. The van der Waals surface area contributed by atoms with Gasteiger partial charge in [0.2, 0.25) is 6.29 Å². The molecule has 1 fully saturated rings. The number of ether oxygens (including phenoxy) is 2. The molecule has 1 heterocycles. The number of rotatable bonds is 2. The Kier molecular flexibility index (Phi) is 4.19. The molecule has 1 saturated heterocycles. The maximum Gasteiger partial charge on any atom is 0.314 e. The first-order valence-corrected chi connectivity index (χ1v) is 7.21. The lowest BCUT2D eigenvalue weighted by Crippen LogP contribution is -2.48. The van der Waals surface area contributed by atoms with E-state index in [1.807, 2.05) is 58.0 Å². The van der Waals surface area contributed by atoms with Gasteiger partial charge in [-0.25, -0.2) is 0 Å². The third-order valence-electron chi connectivity index (χ3n) is 3.91. The maximum absolute atomic E-state index is 12.4. The van der Waals surface area contributed by atoms with Crippen LogP contribution in [-0.4, -0.2) is 18.4 Å². The molecular weight excluding hydrogens is 252 g/mol. The van der Waals surface area contributed by atoms with Crippen molar-refractivity contribution >= 4 is 5.97 Å². The summed E-state index contributed by atoms with van der Waals surface area (Å²) >= 11 is 0. The van der Waals surface area contributed by atoms with Crippen LogP contribution in [0.4, 0.5) is 0 Å². The second kappa shape index (κ2) is 5.57. The van der Waals surface area contributed by atoms with Crippen LogP contribution in [0.2, 0.25) is 0 Å². The van der Waals surface area contributed by atoms with E-state index in [0.29, 0.717) is 0 Å². The third-order valence-corrected chi connectivity index (χ3v) is 3.91. The molecule has 2 rings (SSSR count). The van der Waals surface area contributed by atoms with Crippen molar-refractivity contribution in [1.29, 1.82) is 0 Å². The molecule has 3 heteroatoms. The van der Waals surface area contributed by atoms with E-state index in [0.717, 1.165) is 5.56 Å². The van der Waals surface area contributed by atoms with Gasteiger partial charge in [-0.1, -0.05) is 58.0 Å². The van der Waals surface area contributed by atoms with Crippen molar-refractivity contribution < 1.29 is 14.3 Å². The summed E-state index contributed by atoms with van der Waals surface area (Å²) in [6.07, 6.45) is -0.611.